The Morgan fingerprint density at radius 3 is 2.61 bits per heavy atom. The highest BCUT2D eigenvalue weighted by atomic mass is 14.9. The number of para-hydroxylation sites is 1. The fourth-order valence-corrected chi connectivity index (χ4v) is 2.07. The van der Waals surface area contributed by atoms with Crippen molar-refractivity contribution >= 4 is 5.69 Å². The summed E-state index contributed by atoms with van der Waals surface area (Å²) in [7, 11) is 0. The molecule has 0 radical (unpaired) electrons. The number of nitrogens with one attached hydrogen (secondary N) is 1. The van der Waals surface area contributed by atoms with Gasteiger partial charge >= 0.3 is 0 Å². The van der Waals surface area contributed by atoms with Crippen molar-refractivity contribution in [1.82, 2.24) is 4.98 Å². The first-order valence-electron chi connectivity index (χ1n) is 6.44. The molecule has 0 aliphatic rings. The van der Waals surface area contributed by atoms with Gasteiger partial charge in [-0.2, -0.15) is 0 Å². The molecular formula is C16H20N2. The van der Waals surface area contributed by atoms with Gasteiger partial charge < -0.3 is 5.32 Å². The molecule has 94 valence electrons. The summed E-state index contributed by atoms with van der Waals surface area (Å²) in [5, 5.41) is 3.53. The number of anilines is 1. The van der Waals surface area contributed by atoms with Crippen LogP contribution in [-0.4, -0.2) is 4.98 Å². The van der Waals surface area contributed by atoms with E-state index in [0.717, 1.165) is 18.7 Å². The zero-order valence-electron chi connectivity index (χ0n) is 11.3. The van der Waals surface area contributed by atoms with Gasteiger partial charge in [0.05, 0.1) is 0 Å². The van der Waals surface area contributed by atoms with E-state index in [1.54, 1.807) is 0 Å². The van der Waals surface area contributed by atoms with Gasteiger partial charge in [-0.25, -0.2) is 0 Å². The third-order valence-corrected chi connectivity index (χ3v) is 3.18. The van der Waals surface area contributed by atoms with E-state index in [0.29, 0.717) is 0 Å². The number of aryl methyl sites for hydroxylation is 3. The van der Waals surface area contributed by atoms with E-state index in [2.05, 4.69) is 54.5 Å². The molecule has 18 heavy (non-hydrogen) atoms. The molecule has 0 fully saturated rings. The summed E-state index contributed by atoms with van der Waals surface area (Å²) in [6.45, 7) is 7.17. The summed E-state index contributed by atoms with van der Waals surface area (Å²) < 4.78 is 0. The topological polar surface area (TPSA) is 24.9 Å². The Morgan fingerprint density at radius 2 is 1.94 bits per heavy atom. The van der Waals surface area contributed by atoms with Crippen molar-refractivity contribution in [3.05, 3.63) is 58.9 Å². The average Bonchev–Trinajstić information content (AvgIpc) is 2.39. The van der Waals surface area contributed by atoms with Gasteiger partial charge in [0, 0.05) is 24.1 Å². The lowest BCUT2D eigenvalue weighted by atomic mass is 10.1. The second-order valence-electron chi connectivity index (χ2n) is 4.62. The van der Waals surface area contributed by atoms with Crippen molar-refractivity contribution in [3.63, 3.8) is 0 Å². The summed E-state index contributed by atoms with van der Waals surface area (Å²) in [5.74, 6) is 0. The second kappa shape index (κ2) is 5.67. The maximum absolute atomic E-state index is 4.32. The molecule has 0 unspecified atom stereocenters. The third kappa shape index (κ3) is 2.89. The average molecular weight is 240 g/mol. The van der Waals surface area contributed by atoms with Gasteiger partial charge in [0.2, 0.25) is 0 Å². The summed E-state index contributed by atoms with van der Waals surface area (Å²) in [4.78, 5) is 4.32. The van der Waals surface area contributed by atoms with E-state index in [1.165, 1.54) is 22.4 Å². The SMILES string of the molecule is CCc1cccc(C)c1NCc1ccc(C)nc1. The molecule has 1 heterocycles. The van der Waals surface area contributed by atoms with Crippen molar-refractivity contribution < 1.29 is 0 Å². The predicted octanol–water partition coefficient (Wildman–Crippen LogP) is 3.87. The van der Waals surface area contributed by atoms with Gasteiger partial charge in [0.1, 0.15) is 0 Å². The molecule has 1 aromatic carbocycles. The largest absolute Gasteiger partial charge is 0.380 e. The van der Waals surface area contributed by atoms with Crippen LogP contribution in [0.3, 0.4) is 0 Å². The first-order valence-corrected chi connectivity index (χ1v) is 6.44. The Balaban J connectivity index is 2.12. The minimum absolute atomic E-state index is 0.825. The first-order chi connectivity index (χ1) is 8.70. The molecule has 2 rings (SSSR count). The molecule has 2 nitrogen and oxygen atoms in total. The normalized spacial score (nSPS) is 10.4. The van der Waals surface area contributed by atoms with Gasteiger partial charge in [0.15, 0.2) is 0 Å². The van der Waals surface area contributed by atoms with Gasteiger partial charge in [-0.3, -0.25) is 4.98 Å². The van der Waals surface area contributed by atoms with Crippen LogP contribution in [0.2, 0.25) is 0 Å². The van der Waals surface area contributed by atoms with Crippen LogP contribution < -0.4 is 5.32 Å². The van der Waals surface area contributed by atoms with Crippen LogP contribution in [0.4, 0.5) is 5.69 Å². The standard InChI is InChI=1S/C16H20N2/c1-4-15-7-5-6-12(2)16(15)18-11-14-9-8-13(3)17-10-14/h5-10,18H,4,11H2,1-3H3. The number of benzene rings is 1. The quantitative estimate of drug-likeness (QED) is 0.877. The number of aromatic nitrogens is 1. The van der Waals surface area contributed by atoms with Crippen LogP contribution >= 0.6 is 0 Å². The Hall–Kier alpha value is -1.83. The highest BCUT2D eigenvalue weighted by Crippen LogP contribution is 2.21. The summed E-state index contributed by atoms with van der Waals surface area (Å²) >= 11 is 0. The third-order valence-electron chi connectivity index (χ3n) is 3.18. The van der Waals surface area contributed by atoms with Crippen molar-refractivity contribution in [2.75, 3.05) is 5.32 Å². The van der Waals surface area contributed by atoms with Crippen molar-refractivity contribution in [3.8, 4) is 0 Å². The minimum atomic E-state index is 0.825. The maximum Gasteiger partial charge on any atom is 0.0416 e. The smallest absolute Gasteiger partial charge is 0.0416 e. The maximum atomic E-state index is 4.32. The number of hydrogen-bond donors (Lipinski definition) is 1. The molecule has 0 aliphatic carbocycles. The van der Waals surface area contributed by atoms with Crippen molar-refractivity contribution in [1.29, 1.82) is 0 Å². The number of rotatable bonds is 4. The van der Waals surface area contributed by atoms with Crippen LogP contribution in [0, 0.1) is 13.8 Å². The Morgan fingerprint density at radius 1 is 1.11 bits per heavy atom. The molecule has 0 saturated heterocycles. The lowest BCUT2D eigenvalue weighted by Crippen LogP contribution is -2.04. The summed E-state index contributed by atoms with van der Waals surface area (Å²) in [5.41, 5.74) is 6.21. The van der Waals surface area contributed by atoms with Gasteiger partial charge in [-0.05, 0) is 43.0 Å². The highest BCUT2D eigenvalue weighted by Gasteiger charge is 2.03. The monoisotopic (exact) mass is 240 g/mol. The fourth-order valence-electron chi connectivity index (χ4n) is 2.07. The zero-order chi connectivity index (χ0) is 13.0. The van der Waals surface area contributed by atoms with Crippen LogP contribution in [0.1, 0.15) is 29.3 Å². The Kier molecular flexibility index (Phi) is 3.98. The molecule has 0 amide bonds. The van der Waals surface area contributed by atoms with E-state index in [-0.39, 0.29) is 0 Å². The molecule has 2 aromatic rings. The van der Waals surface area contributed by atoms with Gasteiger partial charge in [-0.1, -0.05) is 31.2 Å². The number of hydrogen-bond acceptors (Lipinski definition) is 2. The zero-order valence-corrected chi connectivity index (χ0v) is 11.3. The molecular weight excluding hydrogens is 220 g/mol. The lowest BCUT2D eigenvalue weighted by Gasteiger charge is -2.14. The second-order valence-corrected chi connectivity index (χ2v) is 4.62. The van der Waals surface area contributed by atoms with Crippen LogP contribution in [0.25, 0.3) is 0 Å². The fraction of sp³-hybridized carbons (Fsp3) is 0.312. The molecule has 2 heteroatoms. The predicted molar refractivity (Wildman–Crippen MR) is 76.9 cm³/mol. The molecule has 0 spiro atoms. The van der Waals surface area contributed by atoms with E-state index in [4.69, 9.17) is 0 Å². The lowest BCUT2D eigenvalue weighted by molar-refractivity contribution is 1.06. The van der Waals surface area contributed by atoms with Gasteiger partial charge in [-0.15, -0.1) is 0 Å². The summed E-state index contributed by atoms with van der Waals surface area (Å²) in [6, 6.07) is 10.6. The van der Waals surface area contributed by atoms with Gasteiger partial charge in [0.25, 0.3) is 0 Å². The summed E-state index contributed by atoms with van der Waals surface area (Å²) in [6.07, 6.45) is 2.99. The molecule has 0 atom stereocenters. The van der Waals surface area contributed by atoms with Crippen molar-refractivity contribution in [2.24, 2.45) is 0 Å². The molecule has 1 N–H and O–H groups in total. The van der Waals surface area contributed by atoms with Crippen LogP contribution in [0.5, 0.6) is 0 Å². The molecule has 0 saturated carbocycles. The number of nitrogens with zero attached hydrogens (tertiary/aromatic N) is 1. The first kappa shape index (κ1) is 12.6. The highest BCUT2D eigenvalue weighted by molar-refractivity contribution is 5.57. The van der Waals surface area contributed by atoms with E-state index < -0.39 is 0 Å². The van der Waals surface area contributed by atoms with E-state index in [9.17, 15) is 0 Å². The minimum Gasteiger partial charge on any atom is -0.380 e. The Labute approximate surface area is 109 Å². The van der Waals surface area contributed by atoms with Crippen molar-refractivity contribution in [2.45, 2.75) is 33.7 Å². The molecule has 0 bridgehead atoms. The molecule has 0 aliphatic heterocycles. The Bertz CT molecular complexity index is 515. The van der Waals surface area contributed by atoms with E-state index >= 15 is 0 Å². The molecule has 1 aromatic heterocycles. The van der Waals surface area contributed by atoms with Crippen LogP contribution in [-0.2, 0) is 13.0 Å². The van der Waals surface area contributed by atoms with E-state index in [1.807, 2.05) is 13.1 Å². The van der Waals surface area contributed by atoms with Crippen LogP contribution in [0.15, 0.2) is 36.5 Å². The number of pyridine rings is 1.